The zero-order chi connectivity index (χ0) is 17.3. The van der Waals surface area contributed by atoms with Gasteiger partial charge in [0.25, 0.3) is 0 Å². The molecule has 0 bridgehead atoms. The van der Waals surface area contributed by atoms with Crippen LogP contribution in [0.1, 0.15) is 22.7 Å². The van der Waals surface area contributed by atoms with Crippen LogP contribution in [0.5, 0.6) is 0 Å². The number of hydrogen-bond acceptors (Lipinski definition) is 3. The number of para-hydroxylation sites is 2. The maximum atomic E-state index is 13.6. The summed E-state index contributed by atoms with van der Waals surface area (Å²) in [5.41, 5.74) is 0.187. The van der Waals surface area contributed by atoms with Crippen LogP contribution < -0.4 is 0 Å². The highest BCUT2D eigenvalue weighted by molar-refractivity contribution is 6.30. The van der Waals surface area contributed by atoms with Crippen LogP contribution in [0.3, 0.4) is 0 Å². The monoisotopic (exact) mass is 354 g/mol. The molecule has 24 heavy (non-hydrogen) atoms. The van der Waals surface area contributed by atoms with Gasteiger partial charge in [0.15, 0.2) is 5.82 Å². The summed E-state index contributed by atoms with van der Waals surface area (Å²) in [6.07, 6.45) is 0. The fourth-order valence-electron chi connectivity index (χ4n) is 2.28. The van der Waals surface area contributed by atoms with E-state index >= 15 is 0 Å². The summed E-state index contributed by atoms with van der Waals surface area (Å²) in [7, 11) is 0. The van der Waals surface area contributed by atoms with E-state index in [1.165, 1.54) is 12.1 Å². The first-order valence-corrected chi connectivity index (χ1v) is 7.21. The van der Waals surface area contributed by atoms with E-state index in [0.717, 1.165) is 12.1 Å². The Bertz CT molecular complexity index is 911. The maximum absolute atomic E-state index is 13.6. The largest absolute Gasteiger partial charge is 0.454 e. The van der Waals surface area contributed by atoms with E-state index in [4.69, 9.17) is 16.3 Å². The number of alkyl halides is 2. The van der Waals surface area contributed by atoms with E-state index < -0.39 is 24.9 Å². The topological polar surface area (TPSA) is 44.1 Å². The summed E-state index contributed by atoms with van der Waals surface area (Å²) in [6.45, 7) is -3.38. The second-order valence-corrected chi connectivity index (χ2v) is 5.30. The zero-order valence-electron chi connectivity index (χ0n) is 12.0. The minimum Gasteiger partial charge on any atom is -0.454 e. The van der Waals surface area contributed by atoms with Crippen LogP contribution in [-0.4, -0.2) is 15.5 Å². The van der Waals surface area contributed by atoms with Crippen LogP contribution >= 0.6 is 11.6 Å². The quantitative estimate of drug-likeness (QED) is 0.644. The first kappa shape index (κ1) is 16.3. The van der Waals surface area contributed by atoms with Gasteiger partial charge in [0.2, 0.25) is 0 Å². The highest BCUT2D eigenvalue weighted by atomic mass is 35.5. The molecule has 0 atom stereocenters. The van der Waals surface area contributed by atoms with Crippen molar-refractivity contribution in [1.29, 1.82) is 0 Å². The van der Waals surface area contributed by atoms with Gasteiger partial charge in [0, 0.05) is 5.02 Å². The number of halogens is 4. The number of carbonyl (C=O) groups excluding carboxylic acids is 1. The lowest BCUT2D eigenvalue weighted by Gasteiger charge is -2.09. The summed E-state index contributed by atoms with van der Waals surface area (Å²) < 4.78 is 45.7. The minimum absolute atomic E-state index is 0.137. The number of benzene rings is 2. The van der Waals surface area contributed by atoms with Gasteiger partial charge in [-0.15, -0.1) is 0 Å². The normalized spacial score (nSPS) is 11.2. The van der Waals surface area contributed by atoms with Crippen molar-refractivity contribution in [3.8, 4) is 0 Å². The number of ether oxygens (including phenoxy) is 1. The predicted octanol–water partition coefficient (Wildman–Crippen LogP) is 4.58. The van der Waals surface area contributed by atoms with Gasteiger partial charge in [-0.3, -0.25) is 4.57 Å². The molecule has 0 fully saturated rings. The highest BCUT2D eigenvalue weighted by Gasteiger charge is 2.20. The molecule has 0 saturated carbocycles. The van der Waals surface area contributed by atoms with Gasteiger partial charge >= 0.3 is 12.5 Å². The fraction of sp³-hybridized carbons (Fsp3) is 0.125. The van der Waals surface area contributed by atoms with Crippen molar-refractivity contribution in [3.63, 3.8) is 0 Å². The highest BCUT2D eigenvalue weighted by Crippen LogP contribution is 2.24. The molecule has 0 N–H and O–H groups in total. The maximum Gasteiger partial charge on any atom is 0.341 e. The van der Waals surface area contributed by atoms with Gasteiger partial charge in [-0.2, -0.15) is 8.78 Å². The molecule has 0 aliphatic heterocycles. The number of nitrogens with zero attached hydrogens (tertiary/aromatic N) is 2. The molecule has 0 unspecified atom stereocenters. The molecule has 3 rings (SSSR count). The summed E-state index contributed by atoms with van der Waals surface area (Å²) >= 11 is 5.71. The van der Waals surface area contributed by atoms with Crippen LogP contribution in [0.15, 0.2) is 42.5 Å². The summed E-state index contributed by atoms with van der Waals surface area (Å²) in [6, 6.07) is 9.71. The Labute approximate surface area is 139 Å². The molecule has 3 aromatic rings. The van der Waals surface area contributed by atoms with Crippen LogP contribution in [-0.2, 0) is 11.3 Å². The number of hydrogen-bond donors (Lipinski definition) is 0. The third-order valence-electron chi connectivity index (χ3n) is 3.34. The van der Waals surface area contributed by atoms with Gasteiger partial charge in [-0.25, -0.2) is 14.2 Å². The Morgan fingerprint density at radius 2 is 2.00 bits per heavy atom. The van der Waals surface area contributed by atoms with Crippen molar-refractivity contribution in [2.24, 2.45) is 0 Å². The van der Waals surface area contributed by atoms with E-state index in [1.54, 1.807) is 18.2 Å². The summed E-state index contributed by atoms with van der Waals surface area (Å²) in [4.78, 5) is 16.0. The molecule has 0 saturated heterocycles. The molecule has 1 aromatic heterocycles. The van der Waals surface area contributed by atoms with Gasteiger partial charge in [-0.1, -0.05) is 23.7 Å². The van der Waals surface area contributed by atoms with Crippen molar-refractivity contribution in [2.75, 3.05) is 0 Å². The van der Waals surface area contributed by atoms with Gasteiger partial charge in [-0.05, 0) is 30.3 Å². The summed E-state index contributed by atoms with van der Waals surface area (Å²) in [5.74, 6) is -1.96. The first-order valence-electron chi connectivity index (χ1n) is 6.83. The standard InChI is InChI=1S/C16H10ClF3N2O2/c17-9-5-6-11(18)10(7-9)15(23)24-8-14-21-12-3-1-2-4-13(12)22(14)16(19)20/h1-7,16H,8H2. The van der Waals surface area contributed by atoms with Crippen molar-refractivity contribution in [3.05, 3.63) is 64.7 Å². The lowest BCUT2D eigenvalue weighted by Crippen LogP contribution is -2.11. The van der Waals surface area contributed by atoms with E-state index in [1.807, 2.05) is 0 Å². The Morgan fingerprint density at radius 1 is 1.25 bits per heavy atom. The average molecular weight is 355 g/mol. The van der Waals surface area contributed by atoms with Crippen LogP contribution in [0.2, 0.25) is 5.02 Å². The molecule has 8 heteroatoms. The molecule has 4 nitrogen and oxygen atoms in total. The second-order valence-electron chi connectivity index (χ2n) is 4.86. The predicted molar refractivity (Wildman–Crippen MR) is 81.5 cm³/mol. The molecule has 0 spiro atoms. The number of carbonyl (C=O) groups is 1. The van der Waals surface area contributed by atoms with Gasteiger partial charge < -0.3 is 4.74 Å². The van der Waals surface area contributed by atoms with Gasteiger partial charge in [0.1, 0.15) is 12.4 Å². The van der Waals surface area contributed by atoms with Crippen molar-refractivity contribution in [2.45, 2.75) is 13.2 Å². The van der Waals surface area contributed by atoms with E-state index in [9.17, 15) is 18.0 Å². The van der Waals surface area contributed by atoms with Crippen molar-refractivity contribution in [1.82, 2.24) is 9.55 Å². The number of rotatable bonds is 4. The van der Waals surface area contributed by atoms with E-state index in [-0.39, 0.29) is 21.9 Å². The smallest absolute Gasteiger partial charge is 0.341 e. The number of esters is 1. The molecule has 0 aliphatic carbocycles. The first-order chi connectivity index (χ1) is 11.5. The summed E-state index contributed by atoms with van der Waals surface area (Å²) in [5, 5.41) is 0.156. The van der Waals surface area contributed by atoms with Crippen LogP contribution in [0.25, 0.3) is 11.0 Å². The van der Waals surface area contributed by atoms with E-state index in [0.29, 0.717) is 10.1 Å². The third-order valence-corrected chi connectivity index (χ3v) is 3.58. The molecular weight excluding hydrogens is 345 g/mol. The Kier molecular flexibility index (Phi) is 4.44. The molecule has 2 aromatic carbocycles. The lowest BCUT2D eigenvalue weighted by molar-refractivity contribution is 0.0383. The third kappa shape index (κ3) is 3.07. The Hall–Kier alpha value is -2.54. The van der Waals surface area contributed by atoms with Crippen molar-refractivity contribution >= 4 is 28.6 Å². The van der Waals surface area contributed by atoms with Crippen molar-refractivity contribution < 1.29 is 22.7 Å². The Morgan fingerprint density at radius 3 is 2.75 bits per heavy atom. The number of fused-ring (bicyclic) bond motifs is 1. The Balaban J connectivity index is 1.86. The molecule has 0 amide bonds. The molecule has 1 heterocycles. The number of imidazole rings is 1. The van der Waals surface area contributed by atoms with Crippen LogP contribution in [0.4, 0.5) is 13.2 Å². The number of aromatic nitrogens is 2. The lowest BCUT2D eigenvalue weighted by atomic mass is 10.2. The molecular formula is C16H10ClF3N2O2. The minimum atomic E-state index is -2.85. The van der Waals surface area contributed by atoms with E-state index in [2.05, 4.69) is 4.98 Å². The SMILES string of the molecule is O=C(OCc1nc2ccccc2n1C(F)F)c1cc(Cl)ccc1F. The molecule has 0 radical (unpaired) electrons. The fourth-order valence-corrected chi connectivity index (χ4v) is 2.45. The average Bonchev–Trinajstić information content (AvgIpc) is 2.93. The second kappa shape index (κ2) is 6.52. The van der Waals surface area contributed by atoms with Crippen LogP contribution in [0, 0.1) is 5.82 Å². The molecule has 0 aliphatic rings. The zero-order valence-corrected chi connectivity index (χ0v) is 12.8. The molecule has 124 valence electrons. The van der Waals surface area contributed by atoms with Gasteiger partial charge in [0.05, 0.1) is 16.6 Å².